The summed E-state index contributed by atoms with van der Waals surface area (Å²) in [5.41, 5.74) is 0. The van der Waals surface area contributed by atoms with Crippen molar-refractivity contribution in [2.75, 3.05) is 0 Å². The number of nitriles is 1. The number of unbranched alkanes of at least 4 members (excludes halogenated alkanes) is 1. The van der Waals surface area contributed by atoms with Crippen molar-refractivity contribution in [3.8, 4) is 6.07 Å². The maximum atomic E-state index is 9.58. The van der Waals surface area contributed by atoms with Crippen LogP contribution in [0.1, 0.15) is 26.2 Å². The highest BCUT2D eigenvalue weighted by molar-refractivity contribution is 6.81. The van der Waals surface area contributed by atoms with Crippen LogP contribution in [0.15, 0.2) is 0 Å². The van der Waals surface area contributed by atoms with Crippen molar-refractivity contribution < 1.29 is 4.43 Å². The van der Waals surface area contributed by atoms with Gasteiger partial charge in [-0.2, -0.15) is 5.26 Å². The molecule has 0 bridgehead atoms. The minimum atomic E-state index is -1.66. The Balaban J connectivity index is 5.08. The fraction of sp³-hybridized carbons (Fsp3) is 0.917. The lowest BCUT2D eigenvalue weighted by molar-refractivity contribution is 0.179. The van der Waals surface area contributed by atoms with Gasteiger partial charge in [0.1, 0.15) is 5.22 Å². The van der Waals surface area contributed by atoms with Gasteiger partial charge in [0, 0.05) is 0 Å². The standard InChI is InChI=1S/C12H27NOSi2/c1-8-9-10-12(11-13,15(2,3)4)14-16(5,6)7/h8-10H2,1-7H3. The zero-order chi connectivity index (χ0) is 13.0. The Labute approximate surface area is 103 Å². The van der Waals surface area contributed by atoms with Crippen molar-refractivity contribution in [1.82, 2.24) is 0 Å². The van der Waals surface area contributed by atoms with Crippen LogP contribution in [0, 0.1) is 11.3 Å². The average molecular weight is 258 g/mol. The molecule has 0 aliphatic carbocycles. The maximum Gasteiger partial charge on any atom is 0.185 e. The molecule has 0 fully saturated rings. The van der Waals surface area contributed by atoms with Gasteiger partial charge in [-0.15, -0.1) is 0 Å². The van der Waals surface area contributed by atoms with Gasteiger partial charge in [0.15, 0.2) is 8.32 Å². The van der Waals surface area contributed by atoms with E-state index in [4.69, 9.17) is 4.43 Å². The van der Waals surface area contributed by atoms with Gasteiger partial charge in [0.25, 0.3) is 0 Å². The van der Waals surface area contributed by atoms with Crippen LogP contribution in [0.4, 0.5) is 0 Å². The lowest BCUT2D eigenvalue weighted by Gasteiger charge is -2.42. The van der Waals surface area contributed by atoms with E-state index in [0.717, 1.165) is 19.3 Å². The summed E-state index contributed by atoms with van der Waals surface area (Å²) >= 11 is 0. The molecule has 0 spiro atoms. The smallest absolute Gasteiger partial charge is 0.185 e. The van der Waals surface area contributed by atoms with Crippen molar-refractivity contribution >= 4 is 16.4 Å². The van der Waals surface area contributed by atoms with Crippen molar-refractivity contribution in [3.63, 3.8) is 0 Å². The molecular formula is C12H27NOSi2. The average Bonchev–Trinajstić information content (AvgIpc) is 2.08. The SMILES string of the molecule is CCCCC(C#N)(O[Si](C)(C)C)[Si](C)(C)C. The Bertz CT molecular complexity index is 260. The monoisotopic (exact) mass is 257 g/mol. The first kappa shape index (κ1) is 15.9. The van der Waals surface area contributed by atoms with Gasteiger partial charge in [-0.1, -0.05) is 39.4 Å². The molecule has 94 valence electrons. The molecule has 1 unspecified atom stereocenters. The second-order valence-electron chi connectivity index (χ2n) is 6.51. The third-order valence-electron chi connectivity index (χ3n) is 2.75. The van der Waals surface area contributed by atoms with Gasteiger partial charge < -0.3 is 4.43 Å². The molecule has 0 amide bonds. The van der Waals surface area contributed by atoms with Crippen LogP contribution >= 0.6 is 0 Å². The van der Waals surface area contributed by atoms with E-state index >= 15 is 0 Å². The maximum absolute atomic E-state index is 9.58. The van der Waals surface area contributed by atoms with Crippen molar-refractivity contribution in [2.45, 2.75) is 70.7 Å². The van der Waals surface area contributed by atoms with Crippen molar-refractivity contribution in [1.29, 1.82) is 5.26 Å². The molecule has 0 rings (SSSR count). The van der Waals surface area contributed by atoms with Gasteiger partial charge in [0.2, 0.25) is 0 Å². The minimum absolute atomic E-state index is 0.479. The highest BCUT2D eigenvalue weighted by Gasteiger charge is 2.46. The molecule has 0 aliphatic rings. The Hall–Kier alpha value is -0.116. The molecule has 0 saturated carbocycles. The summed E-state index contributed by atoms with van der Waals surface area (Å²) in [7, 11) is -3.29. The zero-order valence-electron chi connectivity index (χ0n) is 12.0. The molecule has 1 atom stereocenters. The summed E-state index contributed by atoms with van der Waals surface area (Å²) < 4.78 is 6.28. The summed E-state index contributed by atoms with van der Waals surface area (Å²) in [4.78, 5) is 0. The van der Waals surface area contributed by atoms with Crippen LogP contribution in [0.25, 0.3) is 0 Å². The van der Waals surface area contributed by atoms with E-state index in [1.165, 1.54) is 0 Å². The third-order valence-corrected chi connectivity index (χ3v) is 6.81. The van der Waals surface area contributed by atoms with Crippen LogP contribution in [0.5, 0.6) is 0 Å². The lowest BCUT2D eigenvalue weighted by Crippen LogP contribution is -2.57. The van der Waals surface area contributed by atoms with Crippen molar-refractivity contribution in [2.24, 2.45) is 0 Å². The quantitative estimate of drug-likeness (QED) is 0.669. The molecule has 0 heterocycles. The molecule has 0 radical (unpaired) electrons. The summed E-state index contributed by atoms with van der Waals surface area (Å²) in [6.07, 6.45) is 3.12. The van der Waals surface area contributed by atoms with E-state index < -0.39 is 21.6 Å². The topological polar surface area (TPSA) is 33.0 Å². The fourth-order valence-electron chi connectivity index (χ4n) is 1.77. The summed E-state index contributed by atoms with van der Waals surface area (Å²) in [6, 6.07) is 2.52. The van der Waals surface area contributed by atoms with E-state index in [2.05, 4.69) is 52.3 Å². The highest BCUT2D eigenvalue weighted by Crippen LogP contribution is 2.33. The van der Waals surface area contributed by atoms with Gasteiger partial charge in [-0.05, 0) is 26.1 Å². The largest absolute Gasteiger partial charge is 0.403 e. The molecule has 0 aromatic heterocycles. The van der Waals surface area contributed by atoms with E-state index in [1.54, 1.807) is 0 Å². The summed E-state index contributed by atoms with van der Waals surface area (Å²) in [5.74, 6) is 0. The van der Waals surface area contributed by atoms with E-state index in [-0.39, 0.29) is 0 Å². The van der Waals surface area contributed by atoms with Crippen LogP contribution in [-0.4, -0.2) is 21.6 Å². The number of hydrogen-bond donors (Lipinski definition) is 0. The molecule has 0 saturated heterocycles. The van der Waals surface area contributed by atoms with E-state index in [1.807, 2.05) is 0 Å². The second-order valence-corrected chi connectivity index (χ2v) is 16.2. The van der Waals surface area contributed by atoms with Crippen LogP contribution in [-0.2, 0) is 4.43 Å². The first-order valence-corrected chi connectivity index (χ1v) is 13.1. The predicted octanol–water partition coefficient (Wildman–Crippen LogP) is 4.17. The van der Waals surface area contributed by atoms with Crippen molar-refractivity contribution in [3.05, 3.63) is 0 Å². The Morgan fingerprint density at radius 3 is 1.88 bits per heavy atom. The predicted molar refractivity (Wildman–Crippen MR) is 75.6 cm³/mol. The van der Waals surface area contributed by atoms with Crippen LogP contribution in [0.2, 0.25) is 39.3 Å². The normalized spacial score (nSPS) is 16.6. The molecule has 0 N–H and O–H groups in total. The fourth-order valence-corrected chi connectivity index (χ4v) is 6.37. The van der Waals surface area contributed by atoms with E-state index in [9.17, 15) is 5.26 Å². The first-order valence-electron chi connectivity index (χ1n) is 6.19. The van der Waals surface area contributed by atoms with Crippen LogP contribution in [0.3, 0.4) is 0 Å². The molecule has 0 aromatic rings. The minimum Gasteiger partial charge on any atom is -0.403 e. The van der Waals surface area contributed by atoms with Gasteiger partial charge >= 0.3 is 0 Å². The van der Waals surface area contributed by atoms with Crippen LogP contribution < -0.4 is 0 Å². The number of nitrogens with zero attached hydrogens (tertiary/aromatic N) is 1. The Morgan fingerprint density at radius 2 is 1.62 bits per heavy atom. The molecular weight excluding hydrogens is 230 g/mol. The Morgan fingerprint density at radius 1 is 1.12 bits per heavy atom. The summed E-state index contributed by atoms with van der Waals surface area (Å²) in [5, 5.41) is 9.11. The molecule has 4 heteroatoms. The second kappa shape index (κ2) is 5.48. The highest BCUT2D eigenvalue weighted by atomic mass is 28.4. The van der Waals surface area contributed by atoms with E-state index in [0.29, 0.717) is 0 Å². The van der Waals surface area contributed by atoms with Gasteiger partial charge in [0.05, 0.1) is 14.1 Å². The first-order chi connectivity index (χ1) is 7.08. The zero-order valence-corrected chi connectivity index (χ0v) is 14.0. The Kier molecular flexibility index (Phi) is 5.44. The molecule has 2 nitrogen and oxygen atoms in total. The van der Waals surface area contributed by atoms with Gasteiger partial charge in [-0.25, -0.2) is 0 Å². The number of rotatable bonds is 6. The lowest BCUT2D eigenvalue weighted by atomic mass is 10.2. The number of hydrogen-bond acceptors (Lipinski definition) is 2. The molecule has 16 heavy (non-hydrogen) atoms. The van der Waals surface area contributed by atoms with Gasteiger partial charge in [-0.3, -0.25) is 0 Å². The third kappa shape index (κ3) is 4.40. The molecule has 0 aromatic carbocycles. The summed E-state index contributed by atoms with van der Waals surface area (Å²) in [6.45, 7) is 15.4. The molecule has 0 aliphatic heterocycles.